The minimum atomic E-state index is -3.84. The van der Waals surface area contributed by atoms with Gasteiger partial charge in [-0.2, -0.15) is 8.42 Å². The molecule has 0 spiro atoms. The van der Waals surface area contributed by atoms with E-state index < -0.39 is 21.3 Å². The second kappa shape index (κ2) is 12.6. The molecule has 0 aliphatic heterocycles. The fourth-order valence-corrected chi connectivity index (χ4v) is 12.1. The molecule has 4 fully saturated rings. The SMILES string of the molecule is Cc1ccc(S(=O)(=O)OCCO[C@]2(C)C[C@@H]3CC[C@@H]4[C@H](CC[C@]5(C)[C@@H]([C@H](C)CCCC(C)C)CC[C@@H]45)[C@@]3(C)C[C@]2(C)O)cc1. The summed E-state index contributed by atoms with van der Waals surface area (Å²) in [4.78, 5) is 0.157. The number of hydrogen-bond donors (Lipinski definition) is 1. The van der Waals surface area contributed by atoms with Crippen LogP contribution in [0.5, 0.6) is 0 Å². The van der Waals surface area contributed by atoms with Gasteiger partial charge in [0, 0.05) is 0 Å². The van der Waals surface area contributed by atoms with Gasteiger partial charge in [0.2, 0.25) is 0 Å². The third-order valence-corrected chi connectivity index (χ3v) is 15.1. The van der Waals surface area contributed by atoms with E-state index >= 15 is 0 Å². The third kappa shape index (κ3) is 6.32. The van der Waals surface area contributed by atoms with Gasteiger partial charge in [-0.25, -0.2) is 0 Å². The van der Waals surface area contributed by atoms with E-state index in [1.54, 1.807) is 24.3 Å². The quantitative estimate of drug-likeness (QED) is 0.195. The highest BCUT2D eigenvalue weighted by molar-refractivity contribution is 7.86. The molecule has 1 aromatic carbocycles. The van der Waals surface area contributed by atoms with Gasteiger partial charge in [-0.05, 0) is 137 Å². The Labute approximate surface area is 269 Å². The summed E-state index contributed by atoms with van der Waals surface area (Å²) in [5.74, 6) is 5.22. The van der Waals surface area contributed by atoms with Crippen molar-refractivity contribution in [1.29, 1.82) is 0 Å². The summed E-state index contributed by atoms with van der Waals surface area (Å²) in [5.41, 5.74) is -0.177. The number of rotatable bonds is 11. The first kappa shape index (κ1) is 34.4. The maximum atomic E-state index is 12.7. The molecular formula is C38H62O5S. The van der Waals surface area contributed by atoms with Gasteiger partial charge >= 0.3 is 0 Å². The summed E-state index contributed by atoms with van der Waals surface area (Å²) in [6, 6.07) is 6.69. The Morgan fingerprint density at radius 1 is 0.886 bits per heavy atom. The van der Waals surface area contributed by atoms with Crippen molar-refractivity contribution in [2.45, 2.75) is 142 Å². The Bertz CT molecular complexity index is 1240. The van der Waals surface area contributed by atoms with Crippen LogP contribution in [-0.2, 0) is 19.0 Å². The summed E-state index contributed by atoms with van der Waals surface area (Å²) >= 11 is 0. The highest BCUT2D eigenvalue weighted by atomic mass is 32.2. The normalized spacial score (nSPS) is 41.2. The standard InChI is InChI=1S/C38H62O5S/c1-26(2)10-9-11-28(4)32-18-19-33-31-17-14-29-24-38(8,37(7,39)25-36(29,6)34(31)20-21-35(32,33)5)42-22-23-43-44(40,41)30-15-12-27(3)13-16-30/h12-13,15-16,26,28-29,31-34,39H,9-11,14,17-25H2,1-8H3/t28-,29+,31+,32-,33+,34+,35-,36+,37+,38-/m1/s1. The van der Waals surface area contributed by atoms with E-state index in [-0.39, 0.29) is 23.5 Å². The van der Waals surface area contributed by atoms with Crippen molar-refractivity contribution in [3.05, 3.63) is 29.8 Å². The number of hydrogen-bond acceptors (Lipinski definition) is 5. The molecule has 250 valence electrons. The van der Waals surface area contributed by atoms with E-state index in [1.165, 1.54) is 57.8 Å². The fourth-order valence-electron chi connectivity index (χ4n) is 11.2. The second-order valence-electron chi connectivity index (χ2n) is 17.0. The molecule has 1 N–H and O–H groups in total. The molecule has 10 atom stereocenters. The van der Waals surface area contributed by atoms with Crippen LogP contribution in [0.1, 0.15) is 125 Å². The maximum absolute atomic E-state index is 12.7. The maximum Gasteiger partial charge on any atom is 0.297 e. The van der Waals surface area contributed by atoms with Crippen molar-refractivity contribution in [3.8, 4) is 0 Å². The van der Waals surface area contributed by atoms with E-state index in [1.807, 2.05) is 20.8 Å². The molecule has 4 aliphatic carbocycles. The minimum absolute atomic E-state index is 0.0637. The van der Waals surface area contributed by atoms with Gasteiger partial charge in [0.1, 0.15) is 0 Å². The predicted octanol–water partition coefficient (Wildman–Crippen LogP) is 8.96. The Hall–Kier alpha value is -0.950. The molecule has 0 amide bonds. The highest BCUT2D eigenvalue weighted by Crippen LogP contribution is 2.70. The van der Waals surface area contributed by atoms with Crippen molar-refractivity contribution in [2.24, 2.45) is 52.3 Å². The van der Waals surface area contributed by atoms with Crippen LogP contribution in [-0.4, -0.2) is 37.9 Å². The van der Waals surface area contributed by atoms with Crippen LogP contribution in [0, 0.1) is 59.2 Å². The molecule has 0 aromatic heterocycles. The number of benzene rings is 1. The highest BCUT2D eigenvalue weighted by Gasteiger charge is 2.65. The van der Waals surface area contributed by atoms with Crippen molar-refractivity contribution < 1.29 is 22.4 Å². The number of fused-ring (bicyclic) bond motifs is 5. The molecule has 5 rings (SSSR count). The first-order valence-electron chi connectivity index (χ1n) is 17.8. The van der Waals surface area contributed by atoms with E-state index in [4.69, 9.17) is 8.92 Å². The van der Waals surface area contributed by atoms with Gasteiger partial charge in [0.25, 0.3) is 10.1 Å². The lowest BCUT2D eigenvalue weighted by molar-refractivity contribution is -0.250. The first-order chi connectivity index (χ1) is 20.5. The van der Waals surface area contributed by atoms with Crippen LogP contribution in [0.3, 0.4) is 0 Å². The van der Waals surface area contributed by atoms with E-state index in [9.17, 15) is 13.5 Å². The molecule has 5 nitrogen and oxygen atoms in total. The van der Waals surface area contributed by atoms with E-state index in [0.29, 0.717) is 17.3 Å². The lowest BCUT2D eigenvalue weighted by atomic mass is 9.42. The molecule has 6 heteroatoms. The van der Waals surface area contributed by atoms with Gasteiger partial charge in [-0.15, -0.1) is 0 Å². The molecule has 0 saturated heterocycles. The molecule has 0 heterocycles. The predicted molar refractivity (Wildman–Crippen MR) is 178 cm³/mol. The van der Waals surface area contributed by atoms with Crippen LogP contribution >= 0.6 is 0 Å². The second-order valence-corrected chi connectivity index (χ2v) is 18.6. The number of aliphatic hydroxyl groups is 1. The van der Waals surface area contributed by atoms with Crippen molar-refractivity contribution in [1.82, 2.24) is 0 Å². The Kier molecular flexibility index (Phi) is 9.83. The smallest absolute Gasteiger partial charge is 0.297 e. The van der Waals surface area contributed by atoms with Crippen LogP contribution in [0.15, 0.2) is 29.2 Å². The van der Waals surface area contributed by atoms with Gasteiger partial charge in [-0.3, -0.25) is 4.18 Å². The largest absolute Gasteiger partial charge is 0.387 e. The monoisotopic (exact) mass is 630 g/mol. The van der Waals surface area contributed by atoms with Crippen LogP contribution in [0.2, 0.25) is 0 Å². The van der Waals surface area contributed by atoms with E-state index in [0.717, 1.165) is 48.0 Å². The minimum Gasteiger partial charge on any atom is -0.387 e. The van der Waals surface area contributed by atoms with Crippen molar-refractivity contribution >= 4 is 10.1 Å². The summed E-state index contributed by atoms with van der Waals surface area (Å²) in [6.07, 6.45) is 13.6. The number of aryl methyl sites for hydroxylation is 1. The lowest BCUT2D eigenvalue weighted by Crippen LogP contribution is -2.65. The first-order valence-corrected chi connectivity index (χ1v) is 19.3. The summed E-state index contributed by atoms with van der Waals surface area (Å²) in [7, 11) is -3.84. The van der Waals surface area contributed by atoms with Crippen LogP contribution < -0.4 is 0 Å². The average molecular weight is 631 g/mol. The van der Waals surface area contributed by atoms with Gasteiger partial charge < -0.3 is 9.84 Å². The van der Waals surface area contributed by atoms with E-state index in [2.05, 4.69) is 34.6 Å². The molecule has 44 heavy (non-hydrogen) atoms. The summed E-state index contributed by atoms with van der Waals surface area (Å²) in [6.45, 7) is 18.4. The zero-order valence-corrected chi connectivity index (χ0v) is 29.8. The molecule has 4 saturated carbocycles. The van der Waals surface area contributed by atoms with Crippen molar-refractivity contribution in [3.63, 3.8) is 0 Å². The van der Waals surface area contributed by atoms with Crippen molar-refractivity contribution in [2.75, 3.05) is 13.2 Å². The summed E-state index contributed by atoms with van der Waals surface area (Å²) in [5, 5.41) is 12.0. The number of ether oxygens (including phenoxy) is 1. The molecule has 1 aromatic rings. The zero-order valence-electron chi connectivity index (χ0n) is 29.0. The molecular weight excluding hydrogens is 568 g/mol. The van der Waals surface area contributed by atoms with Gasteiger partial charge in [0.05, 0.1) is 29.3 Å². The van der Waals surface area contributed by atoms with Crippen LogP contribution in [0.25, 0.3) is 0 Å². The van der Waals surface area contributed by atoms with Gasteiger partial charge in [0.15, 0.2) is 0 Å². The topological polar surface area (TPSA) is 72.8 Å². The van der Waals surface area contributed by atoms with Crippen LogP contribution in [0.4, 0.5) is 0 Å². The average Bonchev–Trinajstić information content (AvgIpc) is 3.29. The lowest BCUT2D eigenvalue weighted by Gasteiger charge is -2.65. The molecule has 0 unspecified atom stereocenters. The Balaban J connectivity index is 1.22. The third-order valence-electron chi connectivity index (χ3n) is 13.8. The summed E-state index contributed by atoms with van der Waals surface area (Å²) < 4.78 is 37.1. The fraction of sp³-hybridized carbons (Fsp3) is 0.842. The zero-order chi connectivity index (χ0) is 32.1. The Morgan fingerprint density at radius 3 is 2.25 bits per heavy atom. The molecule has 4 aliphatic rings. The molecule has 0 bridgehead atoms. The Morgan fingerprint density at radius 2 is 1.57 bits per heavy atom. The molecule has 0 radical (unpaired) electrons. The van der Waals surface area contributed by atoms with Gasteiger partial charge in [-0.1, -0.05) is 71.6 Å².